The van der Waals surface area contributed by atoms with Crippen LogP contribution in [-0.4, -0.2) is 34.9 Å². The van der Waals surface area contributed by atoms with Crippen molar-refractivity contribution in [3.8, 4) is 0 Å². The third kappa shape index (κ3) is 1.06. The molecule has 0 fully saturated rings. The Hall–Kier alpha value is -1.39. The van der Waals surface area contributed by atoms with Crippen molar-refractivity contribution in [1.82, 2.24) is 4.98 Å². The summed E-state index contributed by atoms with van der Waals surface area (Å²) in [4.78, 5) is 6.30. The number of pyridine rings is 1. The fourth-order valence-electron chi connectivity index (χ4n) is 2.36. The second kappa shape index (κ2) is 2.81. The Labute approximate surface area is 87.5 Å². The molecule has 0 aliphatic carbocycles. The van der Waals surface area contributed by atoms with E-state index in [0.717, 1.165) is 23.5 Å². The average Bonchev–Trinajstić information content (AvgIpc) is 2.56. The summed E-state index contributed by atoms with van der Waals surface area (Å²) in [5.41, 5.74) is 1.51. The molecular formula is C11H12N2O2. The van der Waals surface area contributed by atoms with Gasteiger partial charge in [0, 0.05) is 18.3 Å². The van der Waals surface area contributed by atoms with Crippen molar-refractivity contribution in [2.24, 2.45) is 0 Å². The SMILES string of the molecule is OC[C@]1(O)CN2CC=Cc3nccc1c32. The molecule has 4 nitrogen and oxygen atoms in total. The van der Waals surface area contributed by atoms with Gasteiger partial charge in [0.2, 0.25) is 0 Å². The lowest BCUT2D eigenvalue weighted by Gasteiger charge is -2.23. The number of rotatable bonds is 1. The minimum atomic E-state index is -1.13. The average molecular weight is 204 g/mol. The maximum atomic E-state index is 10.3. The molecule has 78 valence electrons. The van der Waals surface area contributed by atoms with E-state index in [1.807, 2.05) is 17.1 Å². The van der Waals surface area contributed by atoms with Crippen LogP contribution in [0.25, 0.3) is 6.08 Å². The second-order valence-electron chi connectivity index (χ2n) is 4.06. The van der Waals surface area contributed by atoms with E-state index in [9.17, 15) is 10.2 Å². The lowest BCUT2D eigenvalue weighted by molar-refractivity contribution is -0.00453. The first-order valence-electron chi connectivity index (χ1n) is 4.99. The van der Waals surface area contributed by atoms with E-state index in [1.165, 1.54) is 0 Å². The Morgan fingerprint density at radius 1 is 1.53 bits per heavy atom. The summed E-state index contributed by atoms with van der Waals surface area (Å²) in [5.74, 6) is 0. The number of aliphatic hydroxyl groups is 2. The van der Waals surface area contributed by atoms with Crippen LogP contribution < -0.4 is 4.90 Å². The van der Waals surface area contributed by atoms with Gasteiger partial charge in [-0.15, -0.1) is 0 Å². The van der Waals surface area contributed by atoms with Gasteiger partial charge in [-0.25, -0.2) is 0 Å². The molecular weight excluding hydrogens is 192 g/mol. The van der Waals surface area contributed by atoms with Gasteiger partial charge in [0.15, 0.2) is 0 Å². The minimum Gasteiger partial charge on any atom is -0.393 e. The highest BCUT2D eigenvalue weighted by molar-refractivity contribution is 5.75. The number of hydrogen-bond donors (Lipinski definition) is 2. The Kier molecular flexibility index (Phi) is 1.66. The minimum absolute atomic E-state index is 0.250. The van der Waals surface area contributed by atoms with Crippen molar-refractivity contribution in [2.45, 2.75) is 5.60 Å². The van der Waals surface area contributed by atoms with Gasteiger partial charge in [-0.3, -0.25) is 4.98 Å². The van der Waals surface area contributed by atoms with Gasteiger partial charge in [0.1, 0.15) is 5.60 Å². The molecule has 2 aliphatic heterocycles. The Bertz CT molecular complexity index is 444. The number of nitrogens with zero attached hydrogens (tertiary/aromatic N) is 2. The molecule has 1 aromatic heterocycles. The molecule has 0 saturated heterocycles. The summed E-state index contributed by atoms with van der Waals surface area (Å²) in [5, 5.41) is 19.5. The van der Waals surface area contributed by atoms with E-state index >= 15 is 0 Å². The number of aromatic nitrogens is 1. The van der Waals surface area contributed by atoms with Crippen LogP contribution in [0.5, 0.6) is 0 Å². The number of aliphatic hydroxyl groups excluding tert-OH is 1. The van der Waals surface area contributed by atoms with E-state index < -0.39 is 5.60 Å². The number of hydrogen-bond acceptors (Lipinski definition) is 4. The first-order chi connectivity index (χ1) is 7.24. The van der Waals surface area contributed by atoms with Crippen LogP contribution in [0.3, 0.4) is 0 Å². The van der Waals surface area contributed by atoms with Crippen LogP contribution in [0.4, 0.5) is 5.69 Å². The lowest BCUT2D eigenvalue weighted by atomic mass is 9.97. The van der Waals surface area contributed by atoms with Gasteiger partial charge in [-0.2, -0.15) is 0 Å². The molecule has 0 aromatic carbocycles. The second-order valence-corrected chi connectivity index (χ2v) is 4.06. The summed E-state index contributed by atoms with van der Waals surface area (Å²) in [6.45, 7) is 0.968. The summed E-state index contributed by atoms with van der Waals surface area (Å²) >= 11 is 0. The van der Waals surface area contributed by atoms with Gasteiger partial charge in [0.25, 0.3) is 0 Å². The van der Waals surface area contributed by atoms with Crippen LogP contribution in [0, 0.1) is 0 Å². The largest absolute Gasteiger partial charge is 0.393 e. The molecule has 0 bridgehead atoms. The predicted octanol–water partition coefficient (Wildman–Crippen LogP) is 0.108. The molecule has 2 aliphatic rings. The fraction of sp³-hybridized carbons (Fsp3) is 0.364. The lowest BCUT2D eigenvalue weighted by Crippen LogP contribution is -2.36. The van der Waals surface area contributed by atoms with Crippen LogP contribution in [0.2, 0.25) is 0 Å². The van der Waals surface area contributed by atoms with Crippen molar-refractivity contribution < 1.29 is 10.2 Å². The highest BCUT2D eigenvalue weighted by Gasteiger charge is 2.42. The highest BCUT2D eigenvalue weighted by Crippen LogP contribution is 2.42. The summed E-state index contributed by atoms with van der Waals surface area (Å²) in [6.07, 6.45) is 5.65. The molecule has 4 heteroatoms. The zero-order valence-electron chi connectivity index (χ0n) is 8.22. The first-order valence-corrected chi connectivity index (χ1v) is 4.99. The van der Waals surface area contributed by atoms with Crippen molar-refractivity contribution >= 4 is 11.8 Å². The third-order valence-corrected chi connectivity index (χ3v) is 3.09. The fourth-order valence-corrected chi connectivity index (χ4v) is 2.36. The van der Waals surface area contributed by atoms with Gasteiger partial charge in [-0.05, 0) is 12.1 Å². The standard InChI is InChI=1S/C11H12N2O2/c14-7-11(15)6-13-5-1-2-9-10(13)8(11)3-4-12-9/h1-4,14-15H,5-7H2/t11-/m1/s1. The molecule has 15 heavy (non-hydrogen) atoms. The van der Waals surface area contributed by atoms with Crippen LogP contribution >= 0.6 is 0 Å². The Balaban J connectivity index is 2.24. The van der Waals surface area contributed by atoms with Crippen LogP contribution in [-0.2, 0) is 5.60 Å². The van der Waals surface area contributed by atoms with E-state index in [2.05, 4.69) is 4.98 Å². The van der Waals surface area contributed by atoms with E-state index in [-0.39, 0.29) is 6.61 Å². The van der Waals surface area contributed by atoms with Crippen LogP contribution in [0.1, 0.15) is 11.3 Å². The molecule has 3 heterocycles. The zero-order valence-corrected chi connectivity index (χ0v) is 8.22. The van der Waals surface area contributed by atoms with Gasteiger partial charge >= 0.3 is 0 Å². The monoisotopic (exact) mass is 204 g/mol. The topological polar surface area (TPSA) is 56.6 Å². The first kappa shape index (κ1) is 8.88. The zero-order chi connectivity index (χ0) is 10.5. The molecule has 1 atom stereocenters. The maximum absolute atomic E-state index is 10.3. The molecule has 0 saturated carbocycles. The molecule has 3 rings (SSSR count). The van der Waals surface area contributed by atoms with Gasteiger partial charge in [0.05, 0.1) is 24.5 Å². The predicted molar refractivity (Wildman–Crippen MR) is 56.5 cm³/mol. The maximum Gasteiger partial charge on any atom is 0.132 e. The number of anilines is 1. The van der Waals surface area contributed by atoms with E-state index in [1.54, 1.807) is 12.3 Å². The van der Waals surface area contributed by atoms with E-state index in [4.69, 9.17) is 0 Å². The molecule has 0 amide bonds. The highest BCUT2D eigenvalue weighted by atomic mass is 16.3. The van der Waals surface area contributed by atoms with Gasteiger partial charge in [-0.1, -0.05) is 6.08 Å². The molecule has 0 radical (unpaired) electrons. The smallest absolute Gasteiger partial charge is 0.132 e. The van der Waals surface area contributed by atoms with Crippen LogP contribution in [0.15, 0.2) is 18.3 Å². The normalized spacial score (nSPS) is 26.9. The Morgan fingerprint density at radius 2 is 2.40 bits per heavy atom. The summed E-state index contributed by atoms with van der Waals surface area (Å²) in [7, 11) is 0. The molecule has 0 spiro atoms. The van der Waals surface area contributed by atoms with Crippen molar-refractivity contribution in [3.63, 3.8) is 0 Å². The van der Waals surface area contributed by atoms with Crippen molar-refractivity contribution in [3.05, 3.63) is 29.6 Å². The van der Waals surface area contributed by atoms with Crippen molar-refractivity contribution in [2.75, 3.05) is 24.6 Å². The molecule has 2 N–H and O–H groups in total. The molecule has 1 aromatic rings. The summed E-state index contributed by atoms with van der Waals surface area (Å²) < 4.78 is 0. The van der Waals surface area contributed by atoms with Gasteiger partial charge < -0.3 is 15.1 Å². The van der Waals surface area contributed by atoms with E-state index in [0.29, 0.717) is 6.54 Å². The third-order valence-electron chi connectivity index (χ3n) is 3.09. The van der Waals surface area contributed by atoms with Crippen molar-refractivity contribution in [1.29, 1.82) is 0 Å². The summed E-state index contributed by atoms with van der Waals surface area (Å²) in [6, 6.07) is 1.79. The molecule has 0 unspecified atom stereocenters. The Morgan fingerprint density at radius 3 is 3.20 bits per heavy atom. The quantitative estimate of drug-likeness (QED) is 0.681.